The Morgan fingerprint density at radius 1 is 1.10 bits per heavy atom. The summed E-state index contributed by atoms with van der Waals surface area (Å²) in [7, 11) is 0. The van der Waals surface area contributed by atoms with E-state index in [9.17, 15) is 10.1 Å². The van der Waals surface area contributed by atoms with E-state index in [2.05, 4.69) is 55.5 Å². The first kappa shape index (κ1) is 20.3. The average Bonchev–Trinajstić information content (AvgIpc) is 2.75. The van der Waals surface area contributed by atoms with Gasteiger partial charge >= 0.3 is 5.69 Å². The van der Waals surface area contributed by atoms with Crippen molar-refractivity contribution in [2.75, 3.05) is 23.3 Å². The lowest BCUT2D eigenvalue weighted by atomic mass is 9.90. The number of benzene rings is 2. The minimum atomic E-state index is -0.397. The summed E-state index contributed by atoms with van der Waals surface area (Å²) in [5.41, 5.74) is 1.97. The molecule has 1 aliphatic heterocycles. The van der Waals surface area contributed by atoms with Crippen LogP contribution in [0.4, 0.5) is 23.0 Å². The molecule has 0 bridgehead atoms. The van der Waals surface area contributed by atoms with Gasteiger partial charge in [-0.2, -0.15) is 0 Å². The molecule has 1 N–H and O–H groups in total. The third-order valence-corrected chi connectivity index (χ3v) is 5.85. The van der Waals surface area contributed by atoms with E-state index in [4.69, 9.17) is 0 Å². The zero-order chi connectivity index (χ0) is 20.9. The number of aromatic nitrogens is 2. The molecule has 0 aliphatic carbocycles. The molecule has 154 valence electrons. The van der Waals surface area contributed by atoms with Crippen molar-refractivity contribution in [1.82, 2.24) is 9.97 Å². The summed E-state index contributed by atoms with van der Waals surface area (Å²) in [5.74, 6) is 1.16. The van der Waals surface area contributed by atoms with E-state index in [-0.39, 0.29) is 11.5 Å². The highest BCUT2D eigenvalue weighted by Gasteiger charge is 2.30. The number of nitrogens with zero attached hydrogens (tertiary/aromatic N) is 4. The number of hydrogen-bond donors (Lipinski definition) is 1. The van der Waals surface area contributed by atoms with Crippen molar-refractivity contribution in [2.45, 2.75) is 19.3 Å². The highest BCUT2D eigenvalue weighted by atomic mass is 79.9. The van der Waals surface area contributed by atoms with Gasteiger partial charge in [0.1, 0.15) is 6.33 Å². The molecule has 0 radical (unpaired) electrons. The average molecular weight is 468 g/mol. The summed E-state index contributed by atoms with van der Waals surface area (Å²) < 4.78 is 0.880. The first-order valence-corrected chi connectivity index (χ1v) is 10.7. The molecule has 8 heteroatoms. The Bertz CT molecular complexity index is 1020. The highest BCUT2D eigenvalue weighted by Crippen LogP contribution is 2.36. The van der Waals surface area contributed by atoms with Gasteiger partial charge in [0.05, 0.1) is 4.92 Å². The first-order chi connectivity index (χ1) is 14.6. The smallest absolute Gasteiger partial charge is 0.351 e. The first-order valence-electron chi connectivity index (χ1n) is 9.91. The molecule has 7 nitrogen and oxygen atoms in total. The molecule has 2 heterocycles. The number of rotatable bonds is 6. The molecule has 0 atom stereocenters. The third kappa shape index (κ3) is 4.76. The summed E-state index contributed by atoms with van der Waals surface area (Å²) in [6.07, 6.45) is 4.38. The summed E-state index contributed by atoms with van der Waals surface area (Å²) >= 11 is 3.41. The highest BCUT2D eigenvalue weighted by molar-refractivity contribution is 9.10. The fourth-order valence-corrected chi connectivity index (χ4v) is 4.26. The molecule has 3 aromatic rings. The molecule has 1 aromatic heterocycles. The van der Waals surface area contributed by atoms with Crippen LogP contribution >= 0.6 is 15.9 Å². The van der Waals surface area contributed by atoms with Crippen LogP contribution in [0, 0.1) is 16.0 Å². The van der Waals surface area contributed by atoms with E-state index in [1.54, 1.807) is 0 Å². The van der Waals surface area contributed by atoms with Crippen molar-refractivity contribution in [3.05, 3.63) is 81.1 Å². The van der Waals surface area contributed by atoms with E-state index in [0.717, 1.165) is 42.5 Å². The van der Waals surface area contributed by atoms with Gasteiger partial charge in [0.25, 0.3) is 0 Å². The van der Waals surface area contributed by atoms with E-state index in [0.29, 0.717) is 11.7 Å². The second-order valence-electron chi connectivity index (χ2n) is 7.41. The standard InChI is InChI=1S/C22H22BrN5O2/c23-18-7-4-8-19(14-18)26-21-20(28(29)30)22(25-15-24-21)27-11-9-17(10-12-27)13-16-5-2-1-3-6-16/h1-8,14-15,17H,9-13H2,(H,24,25,26). The molecule has 30 heavy (non-hydrogen) atoms. The lowest BCUT2D eigenvalue weighted by molar-refractivity contribution is -0.383. The monoisotopic (exact) mass is 467 g/mol. The number of piperidine rings is 1. The second kappa shape index (κ2) is 9.21. The van der Waals surface area contributed by atoms with E-state index >= 15 is 0 Å². The molecule has 0 amide bonds. The maximum absolute atomic E-state index is 11.9. The van der Waals surface area contributed by atoms with Crippen molar-refractivity contribution in [1.29, 1.82) is 0 Å². The molecule has 0 spiro atoms. The molecular weight excluding hydrogens is 446 g/mol. The molecule has 1 aliphatic rings. The quantitative estimate of drug-likeness (QED) is 0.388. The summed E-state index contributed by atoms with van der Waals surface area (Å²) in [4.78, 5) is 21.9. The molecule has 0 unspecified atom stereocenters. The van der Waals surface area contributed by atoms with Crippen LogP contribution in [0.1, 0.15) is 18.4 Å². The minimum Gasteiger partial charge on any atom is -0.351 e. The second-order valence-corrected chi connectivity index (χ2v) is 8.32. The zero-order valence-electron chi connectivity index (χ0n) is 16.4. The fourth-order valence-electron chi connectivity index (χ4n) is 3.86. The van der Waals surface area contributed by atoms with Crippen molar-refractivity contribution < 1.29 is 4.92 Å². The number of nitrogens with one attached hydrogen (secondary N) is 1. The van der Waals surface area contributed by atoms with Gasteiger partial charge in [0.2, 0.25) is 11.6 Å². The largest absolute Gasteiger partial charge is 0.353 e. The molecule has 4 rings (SSSR count). The summed E-state index contributed by atoms with van der Waals surface area (Å²) in [5, 5.41) is 15.0. The van der Waals surface area contributed by atoms with Crippen LogP contribution < -0.4 is 10.2 Å². The Hall–Kier alpha value is -3.00. The van der Waals surface area contributed by atoms with Crippen LogP contribution in [0.15, 0.2) is 65.4 Å². The third-order valence-electron chi connectivity index (χ3n) is 5.35. The van der Waals surface area contributed by atoms with E-state index in [1.807, 2.05) is 35.2 Å². The van der Waals surface area contributed by atoms with Gasteiger partial charge in [-0.1, -0.05) is 52.3 Å². The number of nitro groups is 1. The minimum absolute atomic E-state index is 0.0843. The number of hydrogen-bond acceptors (Lipinski definition) is 6. The normalized spacial score (nSPS) is 14.5. The lowest BCUT2D eigenvalue weighted by Crippen LogP contribution is -2.35. The fraction of sp³-hybridized carbons (Fsp3) is 0.273. The predicted molar refractivity (Wildman–Crippen MR) is 121 cm³/mol. The van der Waals surface area contributed by atoms with Gasteiger partial charge in [-0.05, 0) is 48.9 Å². The van der Waals surface area contributed by atoms with Gasteiger partial charge in [0.15, 0.2) is 0 Å². The molecule has 2 aromatic carbocycles. The van der Waals surface area contributed by atoms with Crippen LogP contribution in [0.25, 0.3) is 0 Å². The van der Waals surface area contributed by atoms with Crippen molar-refractivity contribution >= 4 is 38.9 Å². The van der Waals surface area contributed by atoms with Crippen LogP contribution in [0.3, 0.4) is 0 Å². The Labute approximate surface area is 183 Å². The van der Waals surface area contributed by atoms with Crippen molar-refractivity contribution in [2.24, 2.45) is 5.92 Å². The predicted octanol–water partition coefficient (Wildman–Crippen LogP) is 5.35. The summed E-state index contributed by atoms with van der Waals surface area (Å²) in [6.45, 7) is 1.48. The Balaban J connectivity index is 1.51. The Morgan fingerprint density at radius 3 is 2.57 bits per heavy atom. The number of halogens is 1. The SMILES string of the molecule is O=[N+]([O-])c1c(Nc2cccc(Br)c2)ncnc1N1CCC(Cc2ccccc2)CC1. The Kier molecular flexibility index (Phi) is 6.23. The molecule has 1 saturated heterocycles. The van der Waals surface area contributed by atoms with Gasteiger partial charge in [0, 0.05) is 23.2 Å². The molecular formula is C22H22BrN5O2. The van der Waals surface area contributed by atoms with Crippen LogP contribution in [-0.2, 0) is 6.42 Å². The van der Waals surface area contributed by atoms with E-state index in [1.165, 1.54) is 11.9 Å². The maximum Gasteiger partial charge on any atom is 0.353 e. The van der Waals surface area contributed by atoms with Gasteiger partial charge in [-0.25, -0.2) is 9.97 Å². The molecule has 1 fully saturated rings. The lowest BCUT2D eigenvalue weighted by Gasteiger charge is -2.32. The maximum atomic E-state index is 11.9. The number of anilines is 3. The Morgan fingerprint density at radius 2 is 1.87 bits per heavy atom. The van der Waals surface area contributed by atoms with Crippen LogP contribution in [-0.4, -0.2) is 28.0 Å². The van der Waals surface area contributed by atoms with Crippen molar-refractivity contribution in [3.63, 3.8) is 0 Å². The topological polar surface area (TPSA) is 84.2 Å². The van der Waals surface area contributed by atoms with Gasteiger partial charge < -0.3 is 10.2 Å². The van der Waals surface area contributed by atoms with Gasteiger partial charge in [-0.15, -0.1) is 0 Å². The van der Waals surface area contributed by atoms with E-state index < -0.39 is 4.92 Å². The molecule has 0 saturated carbocycles. The van der Waals surface area contributed by atoms with Gasteiger partial charge in [-0.3, -0.25) is 10.1 Å². The van der Waals surface area contributed by atoms with Crippen molar-refractivity contribution in [3.8, 4) is 0 Å². The summed E-state index contributed by atoms with van der Waals surface area (Å²) in [6, 6.07) is 17.9. The van der Waals surface area contributed by atoms with Crippen LogP contribution in [0.5, 0.6) is 0 Å². The zero-order valence-corrected chi connectivity index (χ0v) is 18.0. The van der Waals surface area contributed by atoms with Crippen LogP contribution in [0.2, 0.25) is 0 Å².